The molecule has 0 radical (unpaired) electrons. The molecular weight excluding hydrogens is 332 g/mol. The molecule has 0 saturated carbocycles. The summed E-state index contributed by atoms with van der Waals surface area (Å²) in [7, 11) is 0. The summed E-state index contributed by atoms with van der Waals surface area (Å²) in [6, 6.07) is 16.2. The van der Waals surface area contributed by atoms with Gasteiger partial charge in [-0.25, -0.2) is 0 Å². The molecule has 2 aromatic carbocycles. The second kappa shape index (κ2) is 5.43. The summed E-state index contributed by atoms with van der Waals surface area (Å²) in [4.78, 5) is 12.2. The van der Waals surface area contributed by atoms with Gasteiger partial charge in [-0.05, 0) is 30.3 Å². The molecule has 3 rings (SSSR count). The van der Waals surface area contributed by atoms with Crippen LogP contribution in [0, 0.1) is 11.3 Å². The molecule has 0 spiro atoms. The molecule has 102 valence electrons. The molecule has 21 heavy (non-hydrogen) atoms. The molecule has 3 aromatic rings. The van der Waals surface area contributed by atoms with E-state index >= 15 is 0 Å². The predicted octanol–water partition coefficient (Wildman–Crippen LogP) is 4.32. The molecule has 4 nitrogen and oxygen atoms in total. The standard InChI is InChI=1S/C16H9BrN2O2/c17-12-5-6-13(11(7-12)9-18)19-16(20)15-8-10-3-1-2-4-14(10)21-15/h1-8H,(H,19,20). The molecule has 0 unspecified atom stereocenters. The second-order valence-corrected chi connectivity index (χ2v) is 5.32. The number of furan rings is 1. The van der Waals surface area contributed by atoms with Gasteiger partial charge in [-0.2, -0.15) is 5.26 Å². The number of benzene rings is 2. The van der Waals surface area contributed by atoms with Crippen LogP contribution in [0.15, 0.2) is 57.4 Å². The number of amides is 1. The molecule has 0 fully saturated rings. The van der Waals surface area contributed by atoms with Gasteiger partial charge in [0, 0.05) is 9.86 Å². The fourth-order valence-corrected chi connectivity index (χ4v) is 2.36. The van der Waals surface area contributed by atoms with Crippen LogP contribution in [0.25, 0.3) is 11.0 Å². The third kappa shape index (κ3) is 2.67. The van der Waals surface area contributed by atoms with Crippen molar-refractivity contribution in [3.8, 4) is 6.07 Å². The van der Waals surface area contributed by atoms with Crippen molar-refractivity contribution in [2.24, 2.45) is 0 Å². The first-order chi connectivity index (χ1) is 10.2. The van der Waals surface area contributed by atoms with Gasteiger partial charge in [0.1, 0.15) is 11.7 Å². The molecule has 0 aliphatic rings. The van der Waals surface area contributed by atoms with Crippen LogP contribution in [0.1, 0.15) is 16.1 Å². The predicted molar refractivity (Wildman–Crippen MR) is 83.0 cm³/mol. The summed E-state index contributed by atoms with van der Waals surface area (Å²) in [6.45, 7) is 0. The highest BCUT2D eigenvalue weighted by atomic mass is 79.9. The lowest BCUT2D eigenvalue weighted by Gasteiger charge is -2.05. The van der Waals surface area contributed by atoms with Crippen LogP contribution >= 0.6 is 15.9 Å². The monoisotopic (exact) mass is 340 g/mol. The molecule has 0 aliphatic carbocycles. The molecule has 1 aromatic heterocycles. The molecule has 0 saturated heterocycles. The average molecular weight is 341 g/mol. The number of fused-ring (bicyclic) bond motifs is 1. The third-order valence-corrected chi connectivity index (χ3v) is 3.49. The zero-order valence-corrected chi connectivity index (χ0v) is 12.3. The Bertz CT molecular complexity index is 844. The van der Waals surface area contributed by atoms with Crippen LogP contribution in [0.4, 0.5) is 5.69 Å². The molecular formula is C16H9BrN2O2. The quantitative estimate of drug-likeness (QED) is 0.755. The Labute approximate surface area is 129 Å². The van der Waals surface area contributed by atoms with E-state index in [0.29, 0.717) is 16.8 Å². The van der Waals surface area contributed by atoms with Crippen molar-refractivity contribution in [3.63, 3.8) is 0 Å². The van der Waals surface area contributed by atoms with E-state index in [4.69, 9.17) is 9.68 Å². The molecule has 0 atom stereocenters. The smallest absolute Gasteiger partial charge is 0.291 e. The number of carbonyl (C=O) groups is 1. The number of nitriles is 1. The van der Waals surface area contributed by atoms with Crippen molar-refractivity contribution >= 4 is 38.5 Å². The maximum Gasteiger partial charge on any atom is 0.291 e. The number of nitrogens with one attached hydrogen (secondary N) is 1. The van der Waals surface area contributed by atoms with E-state index in [0.717, 1.165) is 9.86 Å². The van der Waals surface area contributed by atoms with Crippen molar-refractivity contribution < 1.29 is 9.21 Å². The van der Waals surface area contributed by atoms with Gasteiger partial charge in [-0.15, -0.1) is 0 Å². The minimum Gasteiger partial charge on any atom is -0.451 e. The van der Waals surface area contributed by atoms with Crippen LogP contribution in [0.3, 0.4) is 0 Å². The number of para-hydroxylation sites is 1. The van der Waals surface area contributed by atoms with Crippen molar-refractivity contribution in [1.82, 2.24) is 0 Å². The highest BCUT2D eigenvalue weighted by Gasteiger charge is 2.14. The highest BCUT2D eigenvalue weighted by Crippen LogP contribution is 2.23. The van der Waals surface area contributed by atoms with Crippen molar-refractivity contribution in [2.75, 3.05) is 5.32 Å². The summed E-state index contributed by atoms with van der Waals surface area (Å²) in [6.07, 6.45) is 0. The third-order valence-electron chi connectivity index (χ3n) is 3.00. The molecule has 0 bridgehead atoms. The van der Waals surface area contributed by atoms with Gasteiger partial charge < -0.3 is 9.73 Å². The number of carbonyl (C=O) groups excluding carboxylic acids is 1. The van der Waals surface area contributed by atoms with Crippen LogP contribution < -0.4 is 5.32 Å². The Morgan fingerprint density at radius 1 is 1.19 bits per heavy atom. The van der Waals surface area contributed by atoms with Gasteiger partial charge in [0.25, 0.3) is 5.91 Å². The molecule has 1 N–H and O–H groups in total. The highest BCUT2D eigenvalue weighted by molar-refractivity contribution is 9.10. The Balaban J connectivity index is 1.91. The van der Waals surface area contributed by atoms with Crippen molar-refractivity contribution in [1.29, 1.82) is 5.26 Å². The zero-order chi connectivity index (χ0) is 14.8. The van der Waals surface area contributed by atoms with E-state index in [1.165, 1.54) is 0 Å². The maximum atomic E-state index is 12.2. The SMILES string of the molecule is N#Cc1cc(Br)ccc1NC(=O)c1cc2ccccc2o1. The Morgan fingerprint density at radius 3 is 2.76 bits per heavy atom. The van der Waals surface area contributed by atoms with Crippen LogP contribution in [0.5, 0.6) is 0 Å². The second-order valence-electron chi connectivity index (χ2n) is 4.40. The zero-order valence-electron chi connectivity index (χ0n) is 10.8. The van der Waals surface area contributed by atoms with Crippen molar-refractivity contribution in [2.45, 2.75) is 0 Å². The average Bonchev–Trinajstić information content (AvgIpc) is 2.93. The number of anilines is 1. The van der Waals surface area contributed by atoms with E-state index < -0.39 is 0 Å². The molecule has 1 heterocycles. The summed E-state index contributed by atoms with van der Waals surface area (Å²) in [5, 5.41) is 12.6. The largest absolute Gasteiger partial charge is 0.451 e. The van der Waals surface area contributed by atoms with Crippen LogP contribution in [0.2, 0.25) is 0 Å². The minimum absolute atomic E-state index is 0.211. The van der Waals surface area contributed by atoms with E-state index in [-0.39, 0.29) is 11.7 Å². The Morgan fingerprint density at radius 2 is 2.00 bits per heavy atom. The van der Waals surface area contributed by atoms with Gasteiger partial charge in [0.2, 0.25) is 0 Å². The minimum atomic E-state index is -0.384. The first-order valence-electron chi connectivity index (χ1n) is 6.17. The van der Waals surface area contributed by atoms with Gasteiger partial charge in [-0.3, -0.25) is 4.79 Å². The van der Waals surface area contributed by atoms with Crippen LogP contribution in [-0.4, -0.2) is 5.91 Å². The van der Waals surface area contributed by atoms with E-state index in [1.54, 1.807) is 30.3 Å². The lowest BCUT2D eigenvalue weighted by molar-refractivity contribution is 0.0998. The maximum absolute atomic E-state index is 12.2. The number of hydrogen-bond donors (Lipinski definition) is 1. The Kier molecular flexibility index (Phi) is 3.46. The lowest BCUT2D eigenvalue weighted by Crippen LogP contribution is -2.11. The molecule has 5 heteroatoms. The first kappa shape index (κ1) is 13.4. The summed E-state index contributed by atoms with van der Waals surface area (Å²) >= 11 is 3.29. The first-order valence-corrected chi connectivity index (χ1v) is 6.96. The summed E-state index contributed by atoms with van der Waals surface area (Å²) < 4.78 is 6.27. The van der Waals surface area contributed by atoms with Gasteiger partial charge >= 0.3 is 0 Å². The van der Waals surface area contributed by atoms with E-state index in [9.17, 15) is 4.79 Å². The number of rotatable bonds is 2. The van der Waals surface area contributed by atoms with Gasteiger partial charge in [0.15, 0.2) is 5.76 Å². The van der Waals surface area contributed by atoms with Gasteiger partial charge in [-0.1, -0.05) is 34.1 Å². The lowest BCUT2D eigenvalue weighted by atomic mass is 10.2. The topological polar surface area (TPSA) is 66.0 Å². The van der Waals surface area contributed by atoms with Crippen molar-refractivity contribution in [3.05, 3.63) is 64.3 Å². The fourth-order valence-electron chi connectivity index (χ4n) is 2.00. The summed E-state index contributed by atoms with van der Waals surface area (Å²) in [5.74, 6) is -0.173. The molecule has 0 aliphatic heterocycles. The molecule has 1 amide bonds. The van der Waals surface area contributed by atoms with Gasteiger partial charge in [0.05, 0.1) is 11.3 Å². The van der Waals surface area contributed by atoms with E-state index in [1.807, 2.05) is 24.3 Å². The Hall–Kier alpha value is -2.58. The number of nitrogens with zero attached hydrogens (tertiary/aromatic N) is 1. The number of halogens is 1. The van der Waals surface area contributed by atoms with Crippen LogP contribution in [-0.2, 0) is 0 Å². The number of hydrogen-bond acceptors (Lipinski definition) is 3. The fraction of sp³-hybridized carbons (Fsp3) is 0. The van der Waals surface area contributed by atoms with E-state index in [2.05, 4.69) is 21.2 Å². The summed E-state index contributed by atoms with van der Waals surface area (Å²) in [5.41, 5.74) is 1.49. The normalized spacial score (nSPS) is 10.3.